The van der Waals surface area contributed by atoms with Gasteiger partial charge in [0, 0.05) is 42.5 Å². The van der Waals surface area contributed by atoms with E-state index >= 15 is 0 Å². The van der Waals surface area contributed by atoms with Crippen LogP contribution in [0.15, 0.2) is 55.1 Å². The number of aryl methyl sites for hydroxylation is 1. The number of para-hydroxylation sites is 1. The average Bonchev–Trinajstić information content (AvgIpc) is 3.57. The molecule has 196 valence electrons. The van der Waals surface area contributed by atoms with Crippen LogP contribution in [-0.2, 0) is 23.8 Å². The first kappa shape index (κ1) is 25.5. The number of nitrogens with zero attached hydrogens (tertiary/aromatic N) is 5. The van der Waals surface area contributed by atoms with Crippen molar-refractivity contribution < 1.29 is 22.8 Å². The highest BCUT2D eigenvalue weighted by Crippen LogP contribution is 2.34. The molecule has 2 amide bonds. The molecule has 13 heteroatoms. The fourth-order valence-electron chi connectivity index (χ4n) is 4.18. The number of rotatable bonds is 7. The fourth-order valence-corrected chi connectivity index (χ4v) is 5.33. The predicted molar refractivity (Wildman–Crippen MR) is 133 cm³/mol. The van der Waals surface area contributed by atoms with E-state index in [4.69, 9.17) is 0 Å². The van der Waals surface area contributed by atoms with Crippen molar-refractivity contribution in [3.05, 3.63) is 76.9 Å². The van der Waals surface area contributed by atoms with E-state index in [9.17, 15) is 22.8 Å². The van der Waals surface area contributed by atoms with E-state index in [-0.39, 0.29) is 24.9 Å². The van der Waals surface area contributed by atoms with Gasteiger partial charge in [0.25, 0.3) is 5.91 Å². The molecule has 3 aromatic heterocycles. The summed E-state index contributed by atoms with van der Waals surface area (Å²) in [6.07, 6.45) is 2.91. The molecule has 38 heavy (non-hydrogen) atoms. The maximum absolute atomic E-state index is 13.5. The summed E-state index contributed by atoms with van der Waals surface area (Å²) in [6, 6.07) is 8.21. The Labute approximate surface area is 219 Å². The van der Waals surface area contributed by atoms with Crippen LogP contribution in [0, 0.1) is 5.92 Å². The fraction of sp³-hybridized carbons (Fsp3) is 0.280. The highest BCUT2D eigenvalue weighted by molar-refractivity contribution is 7.15. The molecule has 0 fully saturated rings. The van der Waals surface area contributed by atoms with Crippen molar-refractivity contribution in [2.24, 2.45) is 5.92 Å². The molecule has 0 saturated heterocycles. The van der Waals surface area contributed by atoms with Crippen molar-refractivity contribution in [2.75, 3.05) is 13.1 Å². The summed E-state index contributed by atoms with van der Waals surface area (Å²) in [7, 11) is 0. The Morgan fingerprint density at radius 2 is 1.89 bits per heavy atom. The summed E-state index contributed by atoms with van der Waals surface area (Å²) in [5.74, 6) is -1.35. The van der Waals surface area contributed by atoms with Gasteiger partial charge in [0.05, 0.1) is 23.1 Å². The van der Waals surface area contributed by atoms with Crippen LogP contribution in [0.3, 0.4) is 0 Å². The molecule has 0 radical (unpaired) electrons. The summed E-state index contributed by atoms with van der Waals surface area (Å²) in [4.78, 5) is 39.3. The maximum Gasteiger partial charge on any atom is 0.435 e. The van der Waals surface area contributed by atoms with Gasteiger partial charge in [0.1, 0.15) is 10.7 Å². The van der Waals surface area contributed by atoms with E-state index in [1.54, 1.807) is 48.9 Å². The number of hydrogen-bond donors (Lipinski definition) is 2. The van der Waals surface area contributed by atoms with Crippen molar-refractivity contribution in [3.8, 4) is 16.4 Å². The second kappa shape index (κ2) is 10.7. The zero-order valence-electron chi connectivity index (χ0n) is 19.9. The van der Waals surface area contributed by atoms with Crippen LogP contribution in [0.5, 0.6) is 0 Å². The molecule has 0 spiro atoms. The smallest absolute Gasteiger partial charge is 0.354 e. The number of hydrogen-bond acceptors (Lipinski definition) is 7. The normalized spacial score (nSPS) is 15.1. The quantitative estimate of drug-likeness (QED) is 0.347. The maximum atomic E-state index is 13.5. The molecule has 4 aromatic rings. The van der Waals surface area contributed by atoms with Gasteiger partial charge in [-0.3, -0.25) is 19.6 Å². The van der Waals surface area contributed by atoms with E-state index in [2.05, 4.69) is 30.7 Å². The van der Waals surface area contributed by atoms with Crippen LogP contribution in [0.25, 0.3) is 16.4 Å². The Balaban J connectivity index is 1.15. The van der Waals surface area contributed by atoms with E-state index in [0.717, 1.165) is 26.5 Å². The van der Waals surface area contributed by atoms with Gasteiger partial charge in [0.2, 0.25) is 5.91 Å². The zero-order chi connectivity index (χ0) is 26.7. The first-order chi connectivity index (χ1) is 18.3. The van der Waals surface area contributed by atoms with Gasteiger partial charge in [-0.05, 0) is 31.4 Å². The molecule has 0 bridgehead atoms. The van der Waals surface area contributed by atoms with Crippen LogP contribution < -0.4 is 10.6 Å². The van der Waals surface area contributed by atoms with Crippen molar-refractivity contribution >= 4 is 23.2 Å². The first-order valence-electron chi connectivity index (χ1n) is 11.8. The molecule has 1 aromatic carbocycles. The van der Waals surface area contributed by atoms with Crippen LogP contribution in [0.1, 0.15) is 33.0 Å². The predicted octanol–water partition coefficient (Wildman–Crippen LogP) is 3.46. The molecule has 5 rings (SSSR count). The van der Waals surface area contributed by atoms with Crippen molar-refractivity contribution in [1.29, 1.82) is 0 Å². The number of halogens is 3. The number of benzene rings is 1. The van der Waals surface area contributed by atoms with Gasteiger partial charge in [-0.2, -0.15) is 18.3 Å². The number of aromatic nitrogens is 5. The molecule has 3 heterocycles. The number of amides is 2. The van der Waals surface area contributed by atoms with Crippen molar-refractivity contribution in [1.82, 2.24) is 35.4 Å². The van der Waals surface area contributed by atoms with Crippen molar-refractivity contribution in [2.45, 2.75) is 25.4 Å². The number of thiazole rings is 1. The number of carbonyl (C=O) groups is 2. The molecule has 1 unspecified atom stereocenters. The average molecular weight is 542 g/mol. The Morgan fingerprint density at radius 3 is 2.63 bits per heavy atom. The van der Waals surface area contributed by atoms with Crippen LogP contribution >= 0.6 is 11.3 Å². The first-order valence-corrected chi connectivity index (χ1v) is 12.6. The SMILES string of the molecule is O=C(NCCNC(=O)C1CCc2nc(-c3cnccn3)sc2C1)c1cn(-c2ccccc2)nc1C(F)(F)F. The van der Waals surface area contributed by atoms with Crippen molar-refractivity contribution in [3.63, 3.8) is 0 Å². The third-order valence-corrected chi connectivity index (χ3v) is 7.19. The summed E-state index contributed by atoms with van der Waals surface area (Å²) in [5, 5.41) is 9.56. The van der Waals surface area contributed by atoms with Gasteiger partial charge in [-0.1, -0.05) is 18.2 Å². The minimum Gasteiger partial charge on any atom is -0.354 e. The second-order valence-corrected chi connectivity index (χ2v) is 9.72. The van der Waals surface area contributed by atoms with E-state index in [0.29, 0.717) is 30.6 Å². The van der Waals surface area contributed by atoms with E-state index < -0.39 is 23.3 Å². The molecule has 1 aliphatic carbocycles. The lowest BCUT2D eigenvalue weighted by molar-refractivity contribution is -0.141. The molecular formula is C25H22F3N7O2S. The van der Waals surface area contributed by atoms with Gasteiger partial charge in [-0.25, -0.2) is 9.67 Å². The number of alkyl halides is 3. The molecule has 0 aliphatic heterocycles. The largest absolute Gasteiger partial charge is 0.435 e. The van der Waals surface area contributed by atoms with Crippen LogP contribution in [-0.4, -0.2) is 49.6 Å². The van der Waals surface area contributed by atoms with Gasteiger partial charge < -0.3 is 10.6 Å². The minimum atomic E-state index is -4.80. The highest BCUT2D eigenvalue weighted by atomic mass is 32.1. The molecular weight excluding hydrogens is 519 g/mol. The van der Waals surface area contributed by atoms with Gasteiger partial charge in [0.15, 0.2) is 5.69 Å². The lowest BCUT2D eigenvalue weighted by Crippen LogP contribution is -2.39. The molecule has 1 aliphatic rings. The van der Waals surface area contributed by atoms with Gasteiger partial charge >= 0.3 is 6.18 Å². The number of carbonyl (C=O) groups excluding carboxylic acids is 2. The summed E-state index contributed by atoms with van der Waals surface area (Å²) in [6.45, 7) is 0.0450. The number of nitrogens with one attached hydrogen (secondary N) is 2. The summed E-state index contributed by atoms with van der Waals surface area (Å²) < 4.78 is 41.6. The Kier molecular flexibility index (Phi) is 7.18. The van der Waals surface area contributed by atoms with Crippen LogP contribution in [0.2, 0.25) is 0 Å². The van der Waals surface area contributed by atoms with E-state index in [1.165, 1.54) is 11.3 Å². The Bertz CT molecular complexity index is 1440. The van der Waals surface area contributed by atoms with Gasteiger partial charge in [-0.15, -0.1) is 11.3 Å². The Morgan fingerprint density at radius 1 is 1.11 bits per heavy atom. The molecule has 1 atom stereocenters. The summed E-state index contributed by atoms with van der Waals surface area (Å²) in [5.41, 5.74) is 0.183. The highest BCUT2D eigenvalue weighted by Gasteiger charge is 2.39. The second-order valence-electron chi connectivity index (χ2n) is 8.64. The topological polar surface area (TPSA) is 115 Å². The third-order valence-electron chi connectivity index (χ3n) is 6.05. The Hall–Kier alpha value is -4.13. The molecule has 2 N–H and O–H groups in total. The zero-order valence-corrected chi connectivity index (χ0v) is 20.7. The lowest BCUT2D eigenvalue weighted by Gasteiger charge is -2.20. The molecule has 0 saturated carbocycles. The minimum absolute atomic E-state index is 0.0340. The monoisotopic (exact) mass is 541 g/mol. The standard InChI is InChI=1S/C25H22F3N7O2S/c26-25(27,28)21-17(14-35(34-21)16-4-2-1-3-5-16)23(37)32-11-10-31-22(36)15-6-7-18-20(12-15)38-24(33-18)19-13-29-8-9-30-19/h1-5,8-9,13-15H,6-7,10-12H2,(H,31,36)(H,32,37). The molecule has 9 nitrogen and oxygen atoms in total. The van der Waals surface area contributed by atoms with Crippen LogP contribution in [0.4, 0.5) is 13.2 Å². The third kappa shape index (κ3) is 5.57. The number of fused-ring (bicyclic) bond motifs is 1. The van der Waals surface area contributed by atoms with E-state index in [1.807, 2.05) is 0 Å². The summed E-state index contributed by atoms with van der Waals surface area (Å²) >= 11 is 1.49. The lowest BCUT2D eigenvalue weighted by atomic mass is 9.90.